The molecule has 0 amide bonds. The van der Waals surface area contributed by atoms with E-state index in [9.17, 15) is 8.78 Å². The molecule has 3 aromatic rings. The van der Waals surface area contributed by atoms with Crippen molar-refractivity contribution in [3.63, 3.8) is 0 Å². The third kappa shape index (κ3) is 3.70. The van der Waals surface area contributed by atoms with Gasteiger partial charge in [-0.05, 0) is 25.5 Å². The molecule has 2 aromatic heterocycles. The molecule has 1 aliphatic rings. The number of halogens is 2. The highest BCUT2D eigenvalue weighted by atomic mass is 19.1. The summed E-state index contributed by atoms with van der Waals surface area (Å²) in [5.74, 6) is -0.730. The molecule has 7 nitrogen and oxygen atoms in total. The van der Waals surface area contributed by atoms with E-state index < -0.39 is 17.7 Å². The Morgan fingerprint density at radius 3 is 2.78 bits per heavy atom. The lowest BCUT2D eigenvalue weighted by Gasteiger charge is -2.22. The summed E-state index contributed by atoms with van der Waals surface area (Å²) in [5, 5.41) is 15.9. The van der Waals surface area contributed by atoms with Gasteiger partial charge in [0.15, 0.2) is 11.6 Å². The summed E-state index contributed by atoms with van der Waals surface area (Å²) >= 11 is 0. The number of benzene rings is 1. The van der Waals surface area contributed by atoms with Crippen LogP contribution in [0.1, 0.15) is 42.5 Å². The monoisotopic (exact) mass is 439 g/mol. The van der Waals surface area contributed by atoms with Crippen molar-refractivity contribution in [3.05, 3.63) is 70.4 Å². The van der Waals surface area contributed by atoms with Crippen molar-refractivity contribution in [3.8, 4) is 16.9 Å². The van der Waals surface area contributed by atoms with E-state index in [-0.39, 0.29) is 34.8 Å². The van der Waals surface area contributed by atoms with E-state index in [0.717, 1.165) is 11.6 Å². The second-order valence-corrected chi connectivity index (χ2v) is 7.51. The Morgan fingerprint density at radius 1 is 1.28 bits per heavy atom. The number of aromatic nitrogens is 2. The van der Waals surface area contributed by atoms with Gasteiger partial charge in [-0.3, -0.25) is 5.41 Å². The molecule has 4 rings (SSSR count). The number of fused-ring (bicyclic) bond motifs is 5. The van der Waals surface area contributed by atoms with Gasteiger partial charge in [-0.1, -0.05) is 12.1 Å². The van der Waals surface area contributed by atoms with E-state index in [1.807, 2.05) is 6.92 Å². The minimum absolute atomic E-state index is 0.0551. The molecule has 0 aliphatic carbocycles. The molecular weight excluding hydrogens is 416 g/mol. The highest BCUT2D eigenvalue weighted by molar-refractivity contribution is 6.12. The van der Waals surface area contributed by atoms with Crippen LogP contribution in [-0.2, 0) is 12.8 Å². The summed E-state index contributed by atoms with van der Waals surface area (Å²) < 4.78 is 40.8. The Balaban J connectivity index is 2.02. The lowest BCUT2D eigenvalue weighted by atomic mass is 9.91. The van der Waals surface area contributed by atoms with Crippen LogP contribution in [0.5, 0.6) is 5.75 Å². The summed E-state index contributed by atoms with van der Waals surface area (Å²) in [6.07, 6.45) is 3.16. The number of rotatable bonds is 2. The number of aryl methyl sites for hydroxylation is 1. The molecule has 0 radical (unpaired) electrons. The van der Waals surface area contributed by atoms with Gasteiger partial charge in [0, 0.05) is 59.8 Å². The molecule has 0 fully saturated rings. The second-order valence-electron chi connectivity index (χ2n) is 7.51. The van der Waals surface area contributed by atoms with E-state index in [1.54, 1.807) is 32.4 Å². The smallest absolute Gasteiger partial charge is 0.166 e. The van der Waals surface area contributed by atoms with Crippen molar-refractivity contribution in [1.29, 1.82) is 5.41 Å². The van der Waals surface area contributed by atoms with Crippen LogP contribution in [0.4, 0.5) is 14.6 Å². The van der Waals surface area contributed by atoms with Crippen LogP contribution >= 0.6 is 0 Å². The quantitative estimate of drug-likeness (QED) is 0.548. The lowest BCUT2D eigenvalue weighted by Crippen LogP contribution is -2.18. The number of ether oxygens (including phenoxy) is 1. The molecule has 0 saturated carbocycles. The Labute approximate surface area is 183 Å². The molecule has 0 saturated heterocycles. The fraction of sp³-hybridized carbons (Fsp3) is 0.261. The Morgan fingerprint density at radius 2 is 2.06 bits per heavy atom. The maximum absolute atomic E-state index is 15.0. The summed E-state index contributed by atoms with van der Waals surface area (Å²) in [7, 11) is 1.68. The SMILES string of the molecule is CCc1noc2c1-c1cnc(N)c(c1)OC(C)c1cc(F)cc(F)c1C(=N)/C(=C\NC)C2. The van der Waals surface area contributed by atoms with E-state index in [4.69, 9.17) is 20.4 Å². The van der Waals surface area contributed by atoms with Crippen LogP contribution in [0.15, 0.2) is 40.7 Å². The Bertz CT molecular complexity index is 1240. The van der Waals surface area contributed by atoms with Gasteiger partial charge in [-0.15, -0.1) is 0 Å². The molecule has 9 heteroatoms. The first-order valence-electron chi connectivity index (χ1n) is 10.2. The van der Waals surface area contributed by atoms with Gasteiger partial charge in [0.1, 0.15) is 23.5 Å². The van der Waals surface area contributed by atoms with Crippen molar-refractivity contribution in [2.24, 2.45) is 0 Å². The van der Waals surface area contributed by atoms with Gasteiger partial charge >= 0.3 is 0 Å². The Kier molecular flexibility index (Phi) is 5.65. The van der Waals surface area contributed by atoms with Crippen LogP contribution in [0.25, 0.3) is 11.1 Å². The largest absolute Gasteiger partial charge is 0.482 e. The molecule has 1 unspecified atom stereocenters. The standard InChI is InChI=1S/C23H23F2N5O2/c1-4-17-20-12-5-19(23(27)29-10-12)31-11(2)15-7-14(24)8-16(25)21(15)22(26)13(9-28-3)6-18(20)32-30-17/h5,7-11,26,28H,4,6H2,1-3H3,(H2,27,29)/b13-9-,26-22?. The highest BCUT2D eigenvalue weighted by Gasteiger charge is 2.27. The average molecular weight is 439 g/mol. The summed E-state index contributed by atoms with van der Waals surface area (Å²) in [6, 6.07) is 3.65. The maximum atomic E-state index is 15.0. The number of anilines is 1. The zero-order chi connectivity index (χ0) is 23.0. The first kappa shape index (κ1) is 21.5. The molecule has 32 heavy (non-hydrogen) atoms. The third-order valence-corrected chi connectivity index (χ3v) is 5.41. The fourth-order valence-corrected chi connectivity index (χ4v) is 3.89. The lowest BCUT2D eigenvalue weighted by molar-refractivity contribution is 0.226. The number of allylic oxidation sites excluding steroid dienone is 1. The summed E-state index contributed by atoms with van der Waals surface area (Å²) in [5.41, 5.74) is 8.62. The molecule has 1 aliphatic heterocycles. The zero-order valence-electron chi connectivity index (χ0n) is 17.9. The van der Waals surface area contributed by atoms with E-state index >= 15 is 0 Å². The molecule has 1 atom stereocenters. The number of hydrogen-bond donors (Lipinski definition) is 3. The number of pyridine rings is 1. The molecule has 0 spiro atoms. The topological polar surface area (TPSA) is 110 Å². The van der Waals surface area contributed by atoms with Gasteiger partial charge in [0.25, 0.3) is 0 Å². The van der Waals surface area contributed by atoms with Crippen LogP contribution in [0, 0.1) is 17.0 Å². The molecule has 3 heterocycles. The van der Waals surface area contributed by atoms with Crippen LogP contribution < -0.4 is 15.8 Å². The van der Waals surface area contributed by atoms with Crippen molar-refractivity contribution >= 4 is 11.5 Å². The van der Waals surface area contributed by atoms with Crippen LogP contribution in [0.3, 0.4) is 0 Å². The normalized spacial score (nSPS) is 17.1. The first-order valence-corrected chi connectivity index (χ1v) is 10.2. The van der Waals surface area contributed by atoms with Gasteiger partial charge in [-0.2, -0.15) is 0 Å². The van der Waals surface area contributed by atoms with Crippen molar-refractivity contribution in [1.82, 2.24) is 15.5 Å². The number of nitrogens with two attached hydrogens (primary N) is 1. The predicted octanol–water partition coefficient (Wildman–Crippen LogP) is 4.33. The van der Waals surface area contributed by atoms with E-state index in [2.05, 4.69) is 15.5 Å². The van der Waals surface area contributed by atoms with Crippen molar-refractivity contribution < 1.29 is 18.0 Å². The van der Waals surface area contributed by atoms with Gasteiger partial charge < -0.3 is 20.3 Å². The first-order chi connectivity index (χ1) is 15.3. The number of hydrogen-bond acceptors (Lipinski definition) is 7. The molecule has 1 aromatic carbocycles. The summed E-state index contributed by atoms with van der Waals surface area (Å²) in [6.45, 7) is 3.59. The molecule has 166 valence electrons. The number of nitrogens with zero attached hydrogens (tertiary/aromatic N) is 2. The van der Waals surface area contributed by atoms with Gasteiger partial charge in [0.05, 0.1) is 11.4 Å². The number of nitrogens with one attached hydrogen (secondary N) is 2. The van der Waals surface area contributed by atoms with E-state index in [1.165, 1.54) is 6.07 Å². The minimum atomic E-state index is -0.855. The fourth-order valence-electron chi connectivity index (χ4n) is 3.89. The van der Waals surface area contributed by atoms with E-state index in [0.29, 0.717) is 29.0 Å². The minimum Gasteiger partial charge on any atom is -0.482 e. The molecular formula is C23H23F2N5O2. The van der Waals surface area contributed by atoms with Crippen molar-refractivity contribution in [2.75, 3.05) is 12.8 Å². The predicted molar refractivity (Wildman–Crippen MR) is 117 cm³/mol. The zero-order valence-corrected chi connectivity index (χ0v) is 17.9. The van der Waals surface area contributed by atoms with Crippen LogP contribution in [-0.4, -0.2) is 22.9 Å². The average Bonchev–Trinajstić information content (AvgIpc) is 3.16. The maximum Gasteiger partial charge on any atom is 0.166 e. The second kappa shape index (κ2) is 8.41. The van der Waals surface area contributed by atoms with Crippen LogP contribution in [0.2, 0.25) is 0 Å². The molecule has 2 bridgehead atoms. The summed E-state index contributed by atoms with van der Waals surface area (Å²) in [4.78, 5) is 4.24. The third-order valence-electron chi connectivity index (χ3n) is 5.41. The molecule has 4 N–H and O–H groups in total. The Hall–Kier alpha value is -3.75. The van der Waals surface area contributed by atoms with Crippen molar-refractivity contribution in [2.45, 2.75) is 32.8 Å². The number of nitrogen functional groups attached to an aromatic ring is 1. The van der Waals surface area contributed by atoms with Gasteiger partial charge in [0.2, 0.25) is 0 Å². The highest BCUT2D eigenvalue weighted by Crippen LogP contribution is 2.37. The van der Waals surface area contributed by atoms with Gasteiger partial charge in [-0.25, -0.2) is 13.8 Å².